The number of carbonyl (C=O) groups is 1. The van der Waals surface area contributed by atoms with E-state index in [1.807, 2.05) is 26.0 Å². The summed E-state index contributed by atoms with van der Waals surface area (Å²) >= 11 is 0. The highest BCUT2D eigenvalue weighted by Gasteiger charge is 2.28. The summed E-state index contributed by atoms with van der Waals surface area (Å²) in [5, 5.41) is 2.85. The summed E-state index contributed by atoms with van der Waals surface area (Å²) in [6, 6.07) is 13.7. The molecule has 0 aromatic heterocycles. The molecule has 0 unspecified atom stereocenters. The minimum absolute atomic E-state index is 0.162. The Kier molecular flexibility index (Phi) is 8.70. The van der Waals surface area contributed by atoms with Crippen LogP contribution in [0.3, 0.4) is 0 Å². The smallest absolute Gasteiger partial charge is 0.264 e. The molecule has 2 aromatic rings. The molecule has 0 heterocycles. The summed E-state index contributed by atoms with van der Waals surface area (Å²) in [6.45, 7) is 4.59. The summed E-state index contributed by atoms with van der Waals surface area (Å²) in [4.78, 5) is 12.9. The normalized spacial score (nSPS) is 14.8. The molecule has 0 saturated heterocycles. The maximum Gasteiger partial charge on any atom is 0.264 e. The first-order valence-electron chi connectivity index (χ1n) is 11.4. The quantitative estimate of drug-likeness (QED) is 0.537. The SMILES string of the molecule is Cc1cccc(N(CC(=O)NCCCOC2CCCCC2)S(=O)(=O)c2ccccc2)c1C. The van der Waals surface area contributed by atoms with Crippen molar-refractivity contribution in [3.63, 3.8) is 0 Å². The van der Waals surface area contributed by atoms with E-state index in [9.17, 15) is 13.2 Å². The van der Waals surface area contributed by atoms with Crippen molar-refractivity contribution < 1.29 is 17.9 Å². The van der Waals surface area contributed by atoms with E-state index in [0.717, 1.165) is 24.0 Å². The van der Waals surface area contributed by atoms with Crippen LogP contribution in [0.2, 0.25) is 0 Å². The minimum atomic E-state index is -3.89. The van der Waals surface area contributed by atoms with Gasteiger partial charge in [0.15, 0.2) is 0 Å². The molecular weight excluding hydrogens is 424 g/mol. The average Bonchev–Trinajstić information content (AvgIpc) is 2.80. The van der Waals surface area contributed by atoms with Crippen LogP contribution in [-0.2, 0) is 19.6 Å². The van der Waals surface area contributed by atoms with Gasteiger partial charge in [0.05, 0.1) is 16.7 Å². The van der Waals surface area contributed by atoms with E-state index in [1.54, 1.807) is 36.4 Å². The lowest BCUT2D eigenvalue weighted by atomic mass is 9.98. The van der Waals surface area contributed by atoms with E-state index in [-0.39, 0.29) is 17.3 Å². The molecule has 1 aliphatic rings. The fraction of sp³-hybridized carbons (Fsp3) is 0.480. The zero-order valence-corrected chi connectivity index (χ0v) is 19.9. The van der Waals surface area contributed by atoms with Gasteiger partial charge in [-0.25, -0.2) is 8.42 Å². The van der Waals surface area contributed by atoms with E-state index in [0.29, 0.717) is 31.4 Å². The molecule has 0 radical (unpaired) electrons. The maximum absolute atomic E-state index is 13.4. The summed E-state index contributed by atoms with van der Waals surface area (Å²) in [7, 11) is -3.89. The van der Waals surface area contributed by atoms with Crippen molar-refractivity contribution in [1.82, 2.24) is 5.32 Å². The topological polar surface area (TPSA) is 75.7 Å². The number of benzene rings is 2. The number of amides is 1. The summed E-state index contributed by atoms with van der Waals surface area (Å²) in [6.07, 6.45) is 7.03. The molecule has 6 nitrogen and oxygen atoms in total. The standard InChI is InChI=1S/C25H34N2O4S/c1-20-11-9-16-24(21(20)2)27(32(29,30)23-14-7-4-8-15-23)19-25(28)26-17-10-18-31-22-12-5-3-6-13-22/h4,7-9,11,14-16,22H,3,5-6,10,12-13,17-19H2,1-2H3,(H,26,28). The first-order valence-corrected chi connectivity index (χ1v) is 12.9. The molecule has 174 valence electrons. The van der Waals surface area contributed by atoms with Crippen LogP contribution in [0, 0.1) is 13.8 Å². The van der Waals surface area contributed by atoms with Crippen LogP contribution in [0.1, 0.15) is 49.7 Å². The van der Waals surface area contributed by atoms with Gasteiger partial charge in [0.2, 0.25) is 5.91 Å². The number of ether oxygens (including phenoxy) is 1. The van der Waals surface area contributed by atoms with Crippen LogP contribution in [0.4, 0.5) is 5.69 Å². The fourth-order valence-corrected chi connectivity index (χ4v) is 5.49. The largest absolute Gasteiger partial charge is 0.378 e. The van der Waals surface area contributed by atoms with Crippen LogP contribution < -0.4 is 9.62 Å². The van der Waals surface area contributed by atoms with Gasteiger partial charge in [-0.1, -0.05) is 49.6 Å². The van der Waals surface area contributed by atoms with E-state index < -0.39 is 10.0 Å². The van der Waals surface area contributed by atoms with E-state index in [4.69, 9.17) is 4.74 Å². The summed E-state index contributed by atoms with van der Waals surface area (Å²) in [5.74, 6) is -0.330. The molecule has 32 heavy (non-hydrogen) atoms. The number of anilines is 1. The molecule has 1 fully saturated rings. The second-order valence-electron chi connectivity index (χ2n) is 8.38. The highest BCUT2D eigenvalue weighted by molar-refractivity contribution is 7.92. The second kappa shape index (κ2) is 11.5. The van der Waals surface area contributed by atoms with Gasteiger partial charge >= 0.3 is 0 Å². The van der Waals surface area contributed by atoms with Gasteiger partial charge < -0.3 is 10.1 Å². The highest BCUT2D eigenvalue weighted by Crippen LogP contribution is 2.28. The third-order valence-corrected chi connectivity index (χ3v) is 7.79. The van der Waals surface area contributed by atoms with Crippen LogP contribution in [0.5, 0.6) is 0 Å². The predicted molar refractivity (Wildman–Crippen MR) is 127 cm³/mol. The Morgan fingerprint density at radius 1 is 1.03 bits per heavy atom. The van der Waals surface area contributed by atoms with Gasteiger partial charge in [-0.05, 0) is 62.4 Å². The van der Waals surface area contributed by atoms with Crippen LogP contribution in [0.15, 0.2) is 53.4 Å². The molecule has 1 amide bonds. The van der Waals surface area contributed by atoms with Crippen molar-refractivity contribution in [2.75, 3.05) is 24.0 Å². The van der Waals surface area contributed by atoms with E-state index in [2.05, 4.69) is 5.32 Å². The van der Waals surface area contributed by atoms with Crippen molar-refractivity contribution >= 4 is 21.6 Å². The Labute approximate surface area is 192 Å². The second-order valence-corrected chi connectivity index (χ2v) is 10.2. The number of aryl methyl sites for hydroxylation is 1. The lowest BCUT2D eigenvalue weighted by Gasteiger charge is -2.26. The average molecular weight is 459 g/mol. The third-order valence-electron chi connectivity index (χ3n) is 6.01. The molecule has 0 bridgehead atoms. The van der Waals surface area contributed by atoms with Crippen LogP contribution >= 0.6 is 0 Å². The van der Waals surface area contributed by atoms with Gasteiger partial charge in [-0.3, -0.25) is 9.10 Å². The molecule has 1 aliphatic carbocycles. The Balaban J connectivity index is 1.65. The molecule has 1 N–H and O–H groups in total. The number of nitrogens with zero attached hydrogens (tertiary/aromatic N) is 1. The molecule has 2 aromatic carbocycles. The Morgan fingerprint density at radius 3 is 2.47 bits per heavy atom. The van der Waals surface area contributed by atoms with Gasteiger partial charge in [-0.15, -0.1) is 0 Å². The summed E-state index contributed by atoms with van der Waals surface area (Å²) < 4.78 is 33.9. The first kappa shape index (κ1) is 24.3. The van der Waals surface area contributed by atoms with E-state index in [1.165, 1.54) is 23.6 Å². The molecule has 7 heteroatoms. The van der Waals surface area contributed by atoms with Gasteiger partial charge in [0.25, 0.3) is 10.0 Å². The van der Waals surface area contributed by atoms with Crippen LogP contribution in [0.25, 0.3) is 0 Å². The Hall–Kier alpha value is -2.38. The monoisotopic (exact) mass is 458 g/mol. The number of rotatable bonds is 10. The fourth-order valence-electron chi connectivity index (χ4n) is 3.99. The minimum Gasteiger partial charge on any atom is -0.378 e. The lowest BCUT2D eigenvalue weighted by Crippen LogP contribution is -2.41. The van der Waals surface area contributed by atoms with Gasteiger partial charge in [-0.2, -0.15) is 0 Å². The Morgan fingerprint density at radius 2 is 1.75 bits per heavy atom. The molecule has 0 atom stereocenters. The summed E-state index contributed by atoms with van der Waals surface area (Å²) in [5.41, 5.74) is 2.32. The van der Waals surface area contributed by atoms with Crippen molar-refractivity contribution in [3.05, 3.63) is 59.7 Å². The molecule has 1 saturated carbocycles. The van der Waals surface area contributed by atoms with Gasteiger partial charge in [0, 0.05) is 13.2 Å². The van der Waals surface area contributed by atoms with Crippen molar-refractivity contribution in [3.8, 4) is 0 Å². The number of carbonyl (C=O) groups excluding carboxylic acids is 1. The lowest BCUT2D eigenvalue weighted by molar-refractivity contribution is -0.119. The highest BCUT2D eigenvalue weighted by atomic mass is 32.2. The zero-order valence-electron chi connectivity index (χ0n) is 19.0. The Bertz CT molecular complexity index is 986. The van der Waals surface area contributed by atoms with Crippen molar-refractivity contribution in [1.29, 1.82) is 0 Å². The number of nitrogens with one attached hydrogen (secondary N) is 1. The first-order chi connectivity index (χ1) is 15.4. The zero-order chi connectivity index (χ0) is 23.0. The number of hydrogen-bond donors (Lipinski definition) is 1. The number of hydrogen-bond acceptors (Lipinski definition) is 4. The molecular formula is C25H34N2O4S. The van der Waals surface area contributed by atoms with Crippen molar-refractivity contribution in [2.45, 2.75) is 63.4 Å². The van der Waals surface area contributed by atoms with E-state index >= 15 is 0 Å². The molecule has 0 spiro atoms. The van der Waals surface area contributed by atoms with Crippen molar-refractivity contribution in [2.24, 2.45) is 0 Å². The molecule has 3 rings (SSSR count). The predicted octanol–water partition coefficient (Wildman–Crippen LogP) is 4.35. The van der Waals surface area contributed by atoms with Gasteiger partial charge in [0.1, 0.15) is 6.54 Å². The third kappa shape index (κ3) is 6.33. The maximum atomic E-state index is 13.4. The van der Waals surface area contributed by atoms with Crippen LogP contribution in [-0.4, -0.2) is 40.1 Å². The molecule has 0 aliphatic heterocycles. The number of sulfonamides is 1.